The molecule has 2 amide bonds. The summed E-state index contributed by atoms with van der Waals surface area (Å²) in [6, 6.07) is 14.3. The van der Waals surface area contributed by atoms with Gasteiger partial charge < -0.3 is 10.2 Å². The van der Waals surface area contributed by atoms with Gasteiger partial charge in [0.15, 0.2) is 0 Å². The number of halogens is 4. The van der Waals surface area contributed by atoms with E-state index in [4.69, 9.17) is 46.4 Å². The fraction of sp³-hybridized carbons (Fsp3) is 0.310. The third kappa shape index (κ3) is 8.30. The van der Waals surface area contributed by atoms with E-state index in [1.54, 1.807) is 51.1 Å². The minimum Gasteiger partial charge on any atom is -0.352 e. The fourth-order valence-corrected chi connectivity index (χ4v) is 6.63. The minimum atomic E-state index is -4.28. The molecule has 0 aliphatic carbocycles. The summed E-state index contributed by atoms with van der Waals surface area (Å²) >= 11 is 25.3. The standard InChI is InChI=1S/C29H31Cl4N3O4S/c1-5-27(29(38)34-18(2)3)35(16-24-25(32)7-6-8-26(24)33)28(37)17-36(22-14-20(30)13-21(31)15-22)41(39,40)23-11-9-19(4)10-12-23/h6-15,18,27H,5,16-17H2,1-4H3,(H,34,38)/t27-/m0/s1. The van der Waals surface area contributed by atoms with Crippen molar-refractivity contribution in [1.82, 2.24) is 10.2 Å². The molecule has 1 N–H and O–H groups in total. The maximum Gasteiger partial charge on any atom is 0.264 e. The summed E-state index contributed by atoms with van der Waals surface area (Å²) in [4.78, 5) is 28.7. The van der Waals surface area contributed by atoms with Gasteiger partial charge in [-0.25, -0.2) is 8.42 Å². The van der Waals surface area contributed by atoms with Crippen LogP contribution in [-0.2, 0) is 26.2 Å². The second kappa shape index (κ2) is 14.1. The molecule has 7 nitrogen and oxygen atoms in total. The second-order valence-corrected chi connectivity index (χ2v) is 13.3. The Morgan fingerprint density at radius 1 is 0.902 bits per heavy atom. The number of nitrogens with zero attached hydrogens (tertiary/aromatic N) is 2. The van der Waals surface area contributed by atoms with E-state index >= 15 is 0 Å². The summed E-state index contributed by atoms with van der Waals surface area (Å²) in [5.74, 6) is -1.05. The van der Waals surface area contributed by atoms with Gasteiger partial charge >= 0.3 is 0 Å². The third-order valence-corrected chi connectivity index (χ3v) is 9.16. The smallest absolute Gasteiger partial charge is 0.264 e. The van der Waals surface area contributed by atoms with Crippen LogP contribution < -0.4 is 9.62 Å². The summed E-state index contributed by atoms with van der Waals surface area (Å²) in [6.45, 7) is 6.42. The summed E-state index contributed by atoms with van der Waals surface area (Å²) in [5.41, 5.74) is 1.38. The van der Waals surface area contributed by atoms with E-state index in [1.807, 2.05) is 6.92 Å². The monoisotopic (exact) mass is 657 g/mol. The Hall–Kier alpha value is -2.49. The second-order valence-electron chi connectivity index (χ2n) is 9.76. The molecular formula is C29H31Cl4N3O4S. The lowest BCUT2D eigenvalue weighted by Crippen LogP contribution is -2.53. The molecular weight excluding hydrogens is 628 g/mol. The summed E-state index contributed by atoms with van der Waals surface area (Å²) < 4.78 is 28.9. The van der Waals surface area contributed by atoms with Gasteiger partial charge in [-0.3, -0.25) is 13.9 Å². The van der Waals surface area contributed by atoms with Gasteiger partial charge in [0, 0.05) is 38.2 Å². The first kappa shape index (κ1) is 33.0. The van der Waals surface area contributed by atoms with Gasteiger partial charge in [0.05, 0.1) is 10.6 Å². The average molecular weight is 659 g/mol. The fourth-order valence-electron chi connectivity index (χ4n) is 4.20. The van der Waals surface area contributed by atoms with E-state index in [-0.39, 0.29) is 39.6 Å². The van der Waals surface area contributed by atoms with Crippen LogP contribution in [0.3, 0.4) is 0 Å². The van der Waals surface area contributed by atoms with Crippen molar-refractivity contribution in [2.45, 2.75) is 57.6 Å². The number of aryl methyl sites for hydroxylation is 1. The van der Waals surface area contributed by atoms with Gasteiger partial charge in [-0.1, -0.05) is 77.1 Å². The van der Waals surface area contributed by atoms with E-state index in [1.165, 1.54) is 35.2 Å². The Bertz CT molecular complexity index is 1470. The lowest BCUT2D eigenvalue weighted by atomic mass is 10.1. The van der Waals surface area contributed by atoms with Crippen molar-refractivity contribution in [3.63, 3.8) is 0 Å². The Labute approximate surface area is 261 Å². The van der Waals surface area contributed by atoms with E-state index in [0.717, 1.165) is 9.87 Å². The molecule has 3 rings (SSSR count). The van der Waals surface area contributed by atoms with Gasteiger partial charge in [0.25, 0.3) is 10.0 Å². The Balaban J connectivity index is 2.14. The number of amides is 2. The summed E-state index contributed by atoms with van der Waals surface area (Å²) in [7, 11) is -4.28. The van der Waals surface area contributed by atoms with Gasteiger partial charge in [-0.2, -0.15) is 0 Å². The number of carbonyl (C=O) groups is 2. The molecule has 0 saturated heterocycles. The molecule has 0 aliphatic heterocycles. The van der Waals surface area contributed by atoms with Crippen LogP contribution in [0.2, 0.25) is 20.1 Å². The number of rotatable bonds is 11. The molecule has 0 bridgehead atoms. The Morgan fingerprint density at radius 3 is 1.98 bits per heavy atom. The number of sulfonamides is 1. The van der Waals surface area contributed by atoms with Crippen molar-refractivity contribution in [1.29, 1.82) is 0 Å². The quantitative estimate of drug-likeness (QED) is 0.237. The maximum atomic E-state index is 14.1. The first-order valence-corrected chi connectivity index (χ1v) is 15.8. The lowest BCUT2D eigenvalue weighted by molar-refractivity contribution is -0.140. The number of carbonyl (C=O) groups excluding carboxylic acids is 2. The predicted octanol–water partition coefficient (Wildman–Crippen LogP) is 7.14. The van der Waals surface area contributed by atoms with Crippen LogP contribution in [0.25, 0.3) is 0 Å². The number of nitrogens with one attached hydrogen (secondary N) is 1. The van der Waals surface area contributed by atoms with Gasteiger partial charge in [0.2, 0.25) is 11.8 Å². The highest BCUT2D eigenvalue weighted by Crippen LogP contribution is 2.31. The van der Waals surface area contributed by atoms with Crippen LogP contribution in [0, 0.1) is 6.92 Å². The Morgan fingerprint density at radius 2 is 1.46 bits per heavy atom. The molecule has 1 atom stereocenters. The molecule has 3 aromatic carbocycles. The van der Waals surface area contributed by atoms with Crippen LogP contribution in [-0.4, -0.2) is 43.8 Å². The highest BCUT2D eigenvalue weighted by atomic mass is 35.5. The number of anilines is 1. The SMILES string of the molecule is CC[C@@H](C(=O)NC(C)C)N(Cc1c(Cl)cccc1Cl)C(=O)CN(c1cc(Cl)cc(Cl)c1)S(=O)(=O)c1ccc(C)cc1. The molecule has 220 valence electrons. The van der Waals surface area contributed by atoms with Crippen molar-refractivity contribution in [3.8, 4) is 0 Å². The van der Waals surface area contributed by atoms with E-state index in [0.29, 0.717) is 15.6 Å². The zero-order valence-corrected chi connectivity index (χ0v) is 26.8. The largest absolute Gasteiger partial charge is 0.352 e. The first-order chi connectivity index (χ1) is 19.2. The maximum absolute atomic E-state index is 14.1. The molecule has 3 aromatic rings. The van der Waals surface area contributed by atoms with Crippen LogP contribution in [0.15, 0.2) is 65.6 Å². The van der Waals surface area contributed by atoms with Crippen LogP contribution in [0.1, 0.15) is 38.3 Å². The molecule has 0 saturated carbocycles. The van der Waals surface area contributed by atoms with E-state index in [9.17, 15) is 18.0 Å². The number of hydrogen-bond acceptors (Lipinski definition) is 4. The third-order valence-electron chi connectivity index (χ3n) is 6.23. The average Bonchev–Trinajstić information content (AvgIpc) is 2.87. The molecule has 0 aromatic heterocycles. The zero-order valence-electron chi connectivity index (χ0n) is 23.0. The van der Waals surface area contributed by atoms with Crippen molar-refractivity contribution < 1.29 is 18.0 Å². The van der Waals surface area contributed by atoms with Crippen molar-refractivity contribution >= 4 is 73.9 Å². The molecule has 0 fully saturated rings. The highest BCUT2D eigenvalue weighted by molar-refractivity contribution is 7.92. The lowest BCUT2D eigenvalue weighted by Gasteiger charge is -2.34. The highest BCUT2D eigenvalue weighted by Gasteiger charge is 2.34. The van der Waals surface area contributed by atoms with Gasteiger partial charge in [0.1, 0.15) is 12.6 Å². The molecule has 0 heterocycles. The first-order valence-electron chi connectivity index (χ1n) is 12.8. The Kier molecular flexibility index (Phi) is 11.4. The summed E-state index contributed by atoms with van der Waals surface area (Å²) in [6.07, 6.45) is 0.250. The van der Waals surface area contributed by atoms with Crippen LogP contribution >= 0.6 is 46.4 Å². The van der Waals surface area contributed by atoms with Crippen molar-refractivity contribution in [2.75, 3.05) is 10.8 Å². The number of benzene rings is 3. The van der Waals surface area contributed by atoms with Gasteiger partial charge in [-0.15, -0.1) is 0 Å². The van der Waals surface area contributed by atoms with Crippen molar-refractivity contribution in [3.05, 3.63) is 91.9 Å². The van der Waals surface area contributed by atoms with Crippen LogP contribution in [0.5, 0.6) is 0 Å². The molecule has 0 aliphatic rings. The molecule has 41 heavy (non-hydrogen) atoms. The molecule has 0 unspecified atom stereocenters. The molecule has 0 spiro atoms. The van der Waals surface area contributed by atoms with E-state index < -0.39 is 34.4 Å². The molecule has 12 heteroatoms. The van der Waals surface area contributed by atoms with Crippen LogP contribution in [0.4, 0.5) is 5.69 Å². The normalized spacial score (nSPS) is 12.2. The number of hydrogen-bond donors (Lipinski definition) is 1. The van der Waals surface area contributed by atoms with E-state index in [2.05, 4.69) is 5.32 Å². The topological polar surface area (TPSA) is 86.8 Å². The predicted molar refractivity (Wildman–Crippen MR) is 167 cm³/mol. The molecule has 0 radical (unpaired) electrons. The van der Waals surface area contributed by atoms with Crippen molar-refractivity contribution in [2.24, 2.45) is 0 Å². The zero-order chi connectivity index (χ0) is 30.5. The van der Waals surface area contributed by atoms with Gasteiger partial charge in [-0.05, 0) is 69.7 Å². The summed E-state index contributed by atoms with van der Waals surface area (Å²) in [5, 5.41) is 3.82. The minimum absolute atomic E-state index is 0.0303.